The average molecular weight is 280 g/mol. The molecule has 0 bridgehead atoms. The van der Waals surface area contributed by atoms with Crippen LogP contribution in [-0.2, 0) is 0 Å². The molecule has 0 saturated carbocycles. The molecule has 1 aliphatic heterocycles. The second-order valence-electron chi connectivity index (χ2n) is 4.71. The third-order valence-electron chi connectivity index (χ3n) is 3.31. The number of thioether (sulfide) groups is 1. The molecule has 1 atom stereocenters. The van der Waals surface area contributed by atoms with Crippen LogP contribution in [-0.4, -0.2) is 40.2 Å². The van der Waals surface area contributed by atoms with Crippen molar-refractivity contribution >= 4 is 23.5 Å². The number of aromatic carboxylic acids is 1. The van der Waals surface area contributed by atoms with Gasteiger partial charge in [0, 0.05) is 18.3 Å². The summed E-state index contributed by atoms with van der Waals surface area (Å²) in [5.74, 6) is 0.959. The first-order valence-corrected chi connectivity index (χ1v) is 7.82. The van der Waals surface area contributed by atoms with Gasteiger partial charge in [0.1, 0.15) is 5.82 Å². The fourth-order valence-corrected chi connectivity index (χ4v) is 3.49. The smallest absolute Gasteiger partial charge is 0.354 e. The predicted octanol–water partition coefficient (Wildman–Crippen LogP) is 2.89. The van der Waals surface area contributed by atoms with Crippen molar-refractivity contribution in [2.45, 2.75) is 31.4 Å². The molecule has 0 radical (unpaired) electrons. The van der Waals surface area contributed by atoms with Crippen molar-refractivity contribution in [2.75, 3.05) is 23.7 Å². The van der Waals surface area contributed by atoms with Gasteiger partial charge in [0.05, 0.1) is 0 Å². The Hall–Kier alpha value is -1.23. The highest BCUT2D eigenvalue weighted by atomic mass is 32.2. The lowest BCUT2D eigenvalue weighted by Crippen LogP contribution is -2.30. The first kappa shape index (κ1) is 14.2. The summed E-state index contributed by atoms with van der Waals surface area (Å²) in [6.45, 7) is 4.12. The zero-order chi connectivity index (χ0) is 13.7. The molecule has 1 aromatic heterocycles. The molecule has 0 spiro atoms. The van der Waals surface area contributed by atoms with Crippen LogP contribution in [0.5, 0.6) is 0 Å². The molecule has 0 aliphatic carbocycles. The van der Waals surface area contributed by atoms with Crippen LogP contribution in [0.15, 0.2) is 18.2 Å². The van der Waals surface area contributed by atoms with Crippen LogP contribution in [0, 0.1) is 0 Å². The maximum absolute atomic E-state index is 11.0. The number of hydrogen-bond acceptors (Lipinski definition) is 4. The molecule has 0 amide bonds. The van der Waals surface area contributed by atoms with E-state index in [1.807, 2.05) is 17.8 Å². The van der Waals surface area contributed by atoms with Crippen molar-refractivity contribution < 1.29 is 9.90 Å². The van der Waals surface area contributed by atoms with Gasteiger partial charge >= 0.3 is 5.97 Å². The van der Waals surface area contributed by atoms with E-state index in [0.717, 1.165) is 31.1 Å². The number of pyridine rings is 1. The van der Waals surface area contributed by atoms with Gasteiger partial charge in [0.25, 0.3) is 0 Å². The largest absolute Gasteiger partial charge is 0.477 e. The van der Waals surface area contributed by atoms with Crippen LogP contribution in [0.1, 0.15) is 36.7 Å². The molecule has 0 aromatic carbocycles. The van der Waals surface area contributed by atoms with E-state index in [9.17, 15) is 4.79 Å². The Balaban J connectivity index is 2.14. The second-order valence-corrected chi connectivity index (χ2v) is 6.28. The SMILES string of the molecule is CCSC1CCCCN(c2cccc(C(=O)O)n2)C1. The fourth-order valence-electron chi connectivity index (χ4n) is 2.40. The van der Waals surface area contributed by atoms with Crippen molar-refractivity contribution in [3.8, 4) is 0 Å². The number of aromatic nitrogens is 1. The van der Waals surface area contributed by atoms with E-state index < -0.39 is 5.97 Å². The molecule has 1 aliphatic rings. The number of carboxylic acids is 1. The molecule has 19 heavy (non-hydrogen) atoms. The van der Waals surface area contributed by atoms with Crippen molar-refractivity contribution in [1.82, 2.24) is 4.98 Å². The number of anilines is 1. The molecule has 4 nitrogen and oxygen atoms in total. The third-order valence-corrected chi connectivity index (χ3v) is 4.50. The van der Waals surface area contributed by atoms with Gasteiger partial charge in [-0.2, -0.15) is 11.8 Å². The molecule has 104 valence electrons. The first-order valence-electron chi connectivity index (χ1n) is 6.77. The molecule has 1 saturated heterocycles. The summed E-state index contributed by atoms with van der Waals surface area (Å²) in [7, 11) is 0. The minimum absolute atomic E-state index is 0.126. The maximum Gasteiger partial charge on any atom is 0.354 e. The molecule has 1 N–H and O–H groups in total. The van der Waals surface area contributed by atoms with Crippen LogP contribution in [0.3, 0.4) is 0 Å². The molecule has 5 heteroatoms. The van der Waals surface area contributed by atoms with Crippen molar-refractivity contribution in [1.29, 1.82) is 0 Å². The lowest BCUT2D eigenvalue weighted by molar-refractivity contribution is 0.0690. The average Bonchev–Trinajstić information content (AvgIpc) is 2.65. The highest BCUT2D eigenvalue weighted by Crippen LogP contribution is 2.24. The molecule has 1 unspecified atom stereocenters. The Bertz CT molecular complexity index is 439. The van der Waals surface area contributed by atoms with E-state index in [0.29, 0.717) is 5.25 Å². The highest BCUT2D eigenvalue weighted by molar-refractivity contribution is 7.99. The Labute approximate surface area is 118 Å². The molecule has 1 aromatic rings. The van der Waals surface area contributed by atoms with Crippen molar-refractivity contribution in [3.05, 3.63) is 23.9 Å². The number of carboxylic acid groups (broad SMARTS) is 1. The Morgan fingerprint density at radius 2 is 2.37 bits per heavy atom. The third kappa shape index (κ3) is 3.86. The maximum atomic E-state index is 11.0. The molecular weight excluding hydrogens is 260 g/mol. The normalized spacial score (nSPS) is 20.1. The lowest BCUT2D eigenvalue weighted by Gasteiger charge is -2.25. The van der Waals surface area contributed by atoms with E-state index in [4.69, 9.17) is 5.11 Å². The summed E-state index contributed by atoms with van der Waals surface area (Å²) >= 11 is 1.99. The predicted molar refractivity (Wildman–Crippen MR) is 79.2 cm³/mol. The summed E-state index contributed by atoms with van der Waals surface area (Å²) in [4.78, 5) is 17.5. The molecular formula is C14H20N2O2S. The van der Waals surface area contributed by atoms with E-state index in [2.05, 4.69) is 16.8 Å². The van der Waals surface area contributed by atoms with Gasteiger partial charge in [-0.25, -0.2) is 9.78 Å². The number of nitrogens with zero attached hydrogens (tertiary/aromatic N) is 2. The second kappa shape index (κ2) is 6.80. The van der Waals surface area contributed by atoms with Crippen molar-refractivity contribution in [3.63, 3.8) is 0 Å². The fraction of sp³-hybridized carbons (Fsp3) is 0.571. The zero-order valence-electron chi connectivity index (χ0n) is 11.2. The van der Waals surface area contributed by atoms with E-state index in [1.54, 1.807) is 12.1 Å². The molecule has 1 fully saturated rings. The van der Waals surface area contributed by atoms with Gasteiger partial charge in [-0.15, -0.1) is 0 Å². The van der Waals surface area contributed by atoms with E-state index in [-0.39, 0.29) is 5.69 Å². The summed E-state index contributed by atoms with van der Waals surface area (Å²) < 4.78 is 0. The topological polar surface area (TPSA) is 53.4 Å². The van der Waals surface area contributed by atoms with Gasteiger partial charge in [0.2, 0.25) is 0 Å². The van der Waals surface area contributed by atoms with Crippen molar-refractivity contribution in [2.24, 2.45) is 0 Å². The van der Waals surface area contributed by atoms with Crippen LogP contribution in [0.25, 0.3) is 0 Å². The van der Waals surface area contributed by atoms with Gasteiger partial charge in [-0.3, -0.25) is 0 Å². The minimum Gasteiger partial charge on any atom is -0.477 e. The monoisotopic (exact) mass is 280 g/mol. The summed E-state index contributed by atoms with van der Waals surface area (Å²) in [6, 6.07) is 5.23. The summed E-state index contributed by atoms with van der Waals surface area (Å²) in [6.07, 6.45) is 3.64. The molecule has 2 heterocycles. The van der Waals surface area contributed by atoms with Gasteiger partial charge < -0.3 is 10.0 Å². The van der Waals surface area contributed by atoms with E-state index >= 15 is 0 Å². The summed E-state index contributed by atoms with van der Waals surface area (Å²) in [5.41, 5.74) is 0.126. The summed E-state index contributed by atoms with van der Waals surface area (Å²) in [5, 5.41) is 9.64. The van der Waals surface area contributed by atoms with Gasteiger partial charge in [-0.05, 0) is 30.7 Å². The highest BCUT2D eigenvalue weighted by Gasteiger charge is 2.19. The van der Waals surface area contributed by atoms with Crippen LogP contribution in [0.4, 0.5) is 5.82 Å². The number of carbonyl (C=O) groups is 1. The minimum atomic E-state index is -0.962. The van der Waals surface area contributed by atoms with Crippen LogP contribution >= 0.6 is 11.8 Å². The Kier molecular flexibility index (Phi) is 5.07. The van der Waals surface area contributed by atoms with Gasteiger partial charge in [0.15, 0.2) is 5.69 Å². The van der Waals surface area contributed by atoms with Gasteiger partial charge in [-0.1, -0.05) is 19.4 Å². The quantitative estimate of drug-likeness (QED) is 0.919. The van der Waals surface area contributed by atoms with Crippen LogP contribution in [0.2, 0.25) is 0 Å². The molecule has 2 rings (SSSR count). The van der Waals surface area contributed by atoms with Crippen LogP contribution < -0.4 is 4.90 Å². The van der Waals surface area contributed by atoms with E-state index in [1.165, 1.54) is 12.8 Å². The number of hydrogen-bond donors (Lipinski definition) is 1. The number of rotatable bonds is 4. The standard InChI is InChI=1S/C14H20N2O2S/c1-2-19-11-6-3-4-9-16(10-11)13-8-5-7-12(15-13)14(17)18/h5,7-8,11H,2-4,6,9-10H2,1H3,(H,17,18). The lowest BCUT2D eigenvalue weighted by atomic mass is 10.2. The Morgan fingerprint density at radius 1 is 1.53 bits per heavy atom. The zero-order valence-corrected chi connectivity index (χ0v) is 12.0. The Morgan fingerprint density at radius 3 is 3.11 bits per heavy atom. The first-order chi connectivity index (χ1) is 9.20.